The maximum atomic E-state index is 12.9. The number of nitrogens with zero attached hydrogens (tertiary/aromatic N) is 3. The predicted octanol–water partition coefficient (Wildman–Crippen LogP) is 2.85. The van der Waals surface area contributed by atoms with Crippen molar-refractivity contribution in [3.8, 4) is 0 Å². The number of aromatic amines is 1. The molecule has 8 nitrogen and oxygen atoms in total. The van der Waals surface area contributed by atoms with Gasteiger partial charge in [0.25, 0.3) is 0 Å². The summed E-state index contributed by atoms with van der Waals surface area (Å²) in [5.41, 5.74) is 7.17. The number of H-pyrrole nitrogens is 1. The van der Waals surface area contributed by atoms with Crippen LogP contribution in [0.15, 0.2) is 47.4 Å². The number of nitrogens with two attached hydrogens (primary N) is 1. The quantitative estimate of drug-likeness (QED) is 0.624. The normalized spacial score (nSPS) is 17.3. The number of piperidine rings is 1. The zero-order valence-electron chi connectivity index (χ0n) is 16.6. The molecule has 0 bridgehead atoms. The minimum atomic E-state index is -3.38. The third-order valence-corrected chi connectivity index (χ3v) is 7.36. The SMILES string of the molecule is Nc1[nH]nc2nc([C@H]3CCCCN3C(=O)CCCS(=O)(=O)c3ccccc3)ccc12. The Bertz CT molecular complexity index is 1140. The van der Waals surface area contributed by atoms with Gasteiger partial charge in [0.1, 0.15) is 5.82 Å². The van der Waals surface area contributed by atoms with Crippen molar-refractivity contribution in [1.29, 1.82) is 0 Å². The lowest BCUT2D eigenvalue weighted by Gasteiger charge is -2.35. The number of aromatic nitrogens is 3. The maximum Gasteiger partial charge on any atom is 0.223 e. The third kappa shape index (κ3) is 4.16. The molecule has 1 aromatic carbocycles. The Kier molecular flexibility index (Phi) is 5.72. The number of hydrogen-bond donors (Lipinski definition) is 2. The molecule has 4 rings (SSSR count). The van der Waals surface area contributed by atoms with Crippen LogP contribution in [-0.2, 0) is 14.6 Å². The molecule has 30 heavy (non-hydrogen) atoms. The van der Waals surface area contributed by atoms with E-state index in [0.29, 0.717) is 29.3 Å². The topological polar surface area (TPSA) is 122 Å². The molecule has 0 radical (unpaired) electrons. The molecule has 0 unspecified atom stereocenters. The van der Waals surface area contributed by atoms with E-state index in [0.717, 1.165) is 30.3 Å². The van der Waals surface area contributed by atoms with Gasteiger partial charge in [-0.05, 0) is 49.9 Å². The number of hydrogen-bond acceptors (Lipinski definition) is 6. The molecule has 0 spiro atoms. The number of pyridine rings is 1. The molecule has 1 saturated heterocycles. The molecule has 0 aliphatic carbocycles. The highest BCUT2D eigenvalue weighted by Crippen LogP contribution is 2.32. The van der Waals surface area contributed by atoms with Gasteiger partial charge in [-0.1, -0.05) is 18.2 Å². The number of nitrogen functional groups attached to an aromatic ring is 1. The first-order valence-corrected chi connectivity index (χ1v) is 11.8. The van der Waals surface area contributed by atoms with Crippen LogP contribution in [0.3, 0.4) is 0 Å². The Labute approximate surface area is 175 Å². The van der Waals surface area contributed by atoms with Gasteiger partial charge in [0.05, 0.1) is 27.8 Å². The van der Waals surface area contributed by atoms with Crippen LogP contribution in [0.5, 0.6) is 0 Å². The standard InChI is InChI=1S/C21H25N5O3S/c22-20-16-11-12-17(23-21(16)25-24-20)18-9-4-5-13-26(18)19(27)10-6-14-30(28,29)15-7-2-1-3-8-15/h1-3,7-8,11-12,18H,4-6,9-10,13-14H2,(H3,22,23,24,25)/t18-/m1/s1. The lowest BCUT2D eigenvalue weighted by atomic mass is 9.98. The number of carbonyl (C=O) groups excluding carboxylic acids is 1. The van der Waals surface area contributed by atoms with Crippen LogP contribution in [0.2, 0.25) is 0 Å². The summed E-state index contributed by atoms with van der Waals surface area (Å²) in [6.07, 6.45) is 3.26. The molecule has 1 atom stereocenters. The van der Waals surface area contributed by atoms with Gasteiger partial charge in [0.15, 0.2) is 15.5 Å². The van der Waals surface area contributed by atoms with Crippen molar-refractivity contribution in [3.63, 3.8) is 0 Å². The van der Waals surface area contributed by atoms with E-state index in [1.807, 2.05) is 17.0 Å². The van der Waals surface area contributed by atoms with Gasteiger partial charge in [0, 0.05) is 13.0 Å². The third-order valence-electron chi connectivity index (χ3n) is 5.54. The fraction of sp³-hybridized carbons (Fsp3) is 0.381. The first-order valence-electron chi connectivity index (χ1n) is 10.1. The largest absolute Gasteiger partial charge is 0.384 e. The molecule has 9 heteroatoms. The molecule has 1 aliphatic heterocycles. The number of fused-ring (bicyclic) bond motifs is 1. The van der Waals surface area contributed by atoms with Gasteiger partial charge >= 0.3 is 0 Å². The summed E-state index contributed by atoms with van der Waals surface area (Å²) in [5, 5.41) is 7.60. The first kappa shape index (κ1) is 20.3. The van der Waals surface area contributed by atoms with E-state index in [4.69, 9.17) is 5.73 Å². The Balaban J connectivity index is 1.43. The first-order chi connectivity index (χ1) is 14.5. The summed E-state index contributed by atoms with van der Waals surface area (Å²) in [7, 11) is -3.38. The summed E-state index contributed by atoms with van der Waals surface area (Å²) in [6.45, 7) is 0.650. The van der Waals surface area contributed by atoms with E-state index in [2.05, 4.69) is 15.2 Å². The number of rotatable bonds is 6. The fourth-order valence-electron chi connectivity index (χ4n) is 3.96. The number of anilines is 1. The summed E-state index contributed by atoms with van der Waals surface area (Å²) < 4.78 is 24.9. The molecule has 1 aliphatic rings. The van der Waals surface area contributed by atoms with Crippen molar-refractivity contribution in [3.05, 3.63) is 48.2 Å². The summed E-state index contributed by atoms with van der Waals surface area (Å²) in [6, 6.07) is 12.0. The second kappa shape index (κ2) is 8.43. The highest BCUT2D eigenvalue weighted by atomic mass is 32.2. The maximum absolute atomic E-state index is 12.9. The van der Waals surface area contributed by atoms with Crippen molar-refractivity contribution in [2.45, 2.75) is 43.0 Å². The van der Waals surface area contributed by atoms with Gasteiger partial charge < -0.3 is 10.6 Å². The highest BCUT2D eigenvalue weighted by molar-refractivity contribution is 7.91. The molecule has 2 aromatic heterocycles. The van der Waals surface area contributed by atoms with Crippen LogP contribution < -0.4 is 5.73 Å². The van der Waals surface area contributed by atoms with Gasteiger partial charge in [-0.15, -0.1) is 0 Å². The minimum absolute atomic E-state index is 0.0357. The zero-order valence-corrected chi connectivity index (χ0v) is 17.4. The Morgan fingerprint density at radius 3 is 2.77 bits per heavy atom. The van der Waals surface area contributed by atoms with Gasteiger partial charge in [-0.3, -0.25) is 9.89 Å². The molecule has 158 valence electrons. The van der Waals surface area contributed by atoms with Crippen LogP contribution in [0, 0.1) is 0 Å². The van der Waals surface area contributed by atoms with Crippen molar-refractivity contribution in [2.75, 3.05) is 18.0 Å². The Hall–Kier alpha value is -2.94. The number of sulfone groups is 1. The van der Waals surface area contributed by atoms with Crippen LogP contribution in [-0.4, -0.2) is 46.7 Å². The Morgan fingerprint density at radius 1 is 1.17 bits per heavy atom. The fourth-order valence-corrected chi connectivity index (χ4v) is 5.29. The second-order valence-electron chi connectivity index (χ2n) is 7.58. The number of likely N-dealkylation sites (tertiary alicyclic amines) is 1. The smallest absolute Gasteiger partial charge is 0.223 e. The van der Waals surface area contributed by atoms with Crippen molar-refractivity contribution < 1.29 is 13.2 Å². The molecule has 3 N–H and O–H groups in total. The number of nitrogens with one attached hydrogen (secondary N) is 1. The van der Waals surface area contributed by atoms with Gasteiger partial charge in [-0.25, -0.2) is 13.4 Å². The summed E-state index contributed by atoms with van der Waals surface area (Å²) in [5.74, 6) is 0.393. The minimum Gasteiger partial charge on any atom is -0.384 e. The van der Waals surface area contributed by atoms with Crippen LogP contribution in [0.4, 0.5) is 5.82 Å². The van der Waals surface area contributed by atoms with Crippen molar-refractivity contribution in [1.82, 2.24) is 20.1 Å². The number of carbonyl (C=O) groups is 1. The van der Waals surface area contributed by atoms with E-state index >= 15 is 0 Å². The van der Waals surface area contributed by atoms with E-state index in [1.54, 1.807) is 30.3 Å². The van der Waals surface area contributed by atoms with Crippen molar-refractivity contribution in [2.24, 2.45) is 0 Å². The average molecular weight is 428 g/mol. The summed E-state index contributed by atoms with van der Waals surface area (Å²) in [4.78, 5) is 19.7. The molecule has 1 amide bonds. The molecule has 3 aromatic rings. The lowest BCUT2D eigenvalue weighted by molar-refractivity contribution is -0.135. The number of amides is 1. The van der Waals surface area contributed by atoms with Crippen LogP contribution in [0.25, 0.3) is 11.0 Å². The zero-order chi connectivity index (χ0) is 21.1. The van der Waals surface area contributed by atoms with Crippen molar-refractivity contribution >= 4 is 32.6 Å². The molecule has 3 heterocycles. The monoisotopic (exact) mass is 427 g/mol. The van der Waals surface area contributed by atoms with E-state index < -0.39 is 9.84 Å². The second-order valence-corrected chi connectivity index (χ2v) is 9.69. The molecule has 1 fully saturated rings. The average Bonchev–Trinajstić information content (AvgIpc) is 3.14. The van der Waals surface area contributed by atoms with Gasteiger partial charge in [0.2, 0.25) is 5.91 Å². The lowest BCUT2D eigenvalue weighted by Crippen LogP contribution is -2.39. The number of benzene rings is 1. The van der Waals surface area contributed by atoms with E-state index in [-0.39, 0.29) is 24.1 Å². The van der Waals surface area contributed by atoms with Gasteiger partial charge in [-0.2, -0.15) is 5.10 Å². The predicted molar refractivity (Wildman–Crippen MR) is 114 cm³/mol. The molecular weight excluding hydrogens is 402 g/mol. The van der Waals surface area contributed by atoms with E-state index in [9.17, 15) is 13.2 Å². The van der Waals surface area contributed by atoms with E-state index in [1.165, 1.54) is 0 Å². The molecular formula is C21H25N5O3S. The van der Waals surface area contributed by atoms with Crippen LogP contribution in [0.1, 0.15) is 43.8 Å². The summed E-state index contributed by atoms with van der Waals surface area (Å²) >= 11 is 0. The molecule has 0 saturated carbocycles. The van der Waals surface area contributed by atoms with Crippen LogP contribution >= 0.6 is 0 Å². The Morgan fingerprint density at radius 2 is 1.97 bits per heavy atom. The highest BCUT2D eigenvalue weighted by Gasteiger charge is 2.29.